The van der Waals surface area contributed by atoms with Gasteiger partial charge in [-0.25, -0.2) is 4.98 Å². The molecule has 3 aromatic carbocycles. The molecule has 4 rings (SSSR count). The molecule has 4 N–H and O–H groups in total. The van der Waals surface area contributed by atoms with Gasteiger partial charge >= 0.3 is 0 Å². The molecule has 0 bridgehead atoms. The Morgan fingerprint density at radius 1 is 0.867 bits per heavy atom. The van der Waals surface area contributed by atoms with Crippen molar-refractivity contribution >= 4 is 34.2 Å². The lowest BCUT2D eigenvalue weighted by molar-refractivity contribution is 1.06. The molecule has 1 heterocycles. The Bertz CT molecular complexity index is 1120. The number of hydrogen-bond acceptors (Lipinski definition) is 4. The molecule has 0 amide bonds. The first-order valence-electron chi connectivity index (χ1n) is 10.5. The van der Waals surface area contributed by atoms with Crippen LogP contribution in [0, 0.1) is 0 Å². The third-order valence-corrected chi connectivity index (χ3v) is 6.40. The van der Waals surface area contributed by atoms with Crippen molar-refractivity contribution in [1.82, 2.24) is 9.97 Å². The predicted octanol–water partition coefficient (Wildman–Crippen LogP) is 6.17. The summed E-state index contributed by atoms with van der Waals surface area (Å²) < 4.78 is 0. The number of aromatic nitrogens is 2. The van der Waals surface area contributed by atoms with E-state index in [1.165, 1.54) is 22.4 Å². The van der Waals surface area contributed by atoms with E-state index in [1.807, 2.05) is 18.2 Å². The summed E-state index contributed by atoms with van der Waals surface area (Å²) in [6.07, 6.45) is 1.93. The van der Waals surface area contributed by atoms with Gasteiger partial charge in [-0.1, -0.05) is 74.1 Å². The minimum Gasteiger partial charge on any atom is -0.398 e. The van der Waals surface area contributed by atoms with Crippen molar-refractivity contribution < 1.29 is 0 Å². The Hall–Kier alpha value is -2.92. The van der Waals surface area contributed by atoms with Crippen molar-refractivity contribution in [3.63, 3.8) is 0 Å². The van der Waals surface area contributed by atoms with Crippen LogP contribution in [-0.4, -0.2) is 9.97 Å². The summed E-state index contributed by atoms with van der Waals surface area (Å²) in [6, 6.07) is 21.0. The van der Waals surface area contributed by atoms with Crippen molar-refractivity contribution in [1.29, 1.82) is 0 Å². The molecule has 0 aliphatic heterocycles. The van der Waals surface area contributed by atoms with E-state index >= 15 is 0 Å². The number of nitrogens with two attached hydrogens (primary N) is 1. The minimum atomic E-state index is 0.721. The number of H-pyrrole nitrogens is 1. The molecule has 4 aromatic rings. The Labute approximate surface area is 182 Å². The quantitative estimate of drug-likeness (QED) is 0.237. The minimum absolute atomic E-state index is 0.721. The number of aromatic amines is 1. The van der Waals surface area contributed by atoms with Gasteiger partial charge in [-0.05, 0) is 47.2 Å². The van der Waals surface area contributed by atoms with Crippen LogP contribution in [-0.2, 0) is 25.1 Å². The van der Waals surface area contributed by atoms with E-state index in [2.05, 4.69) is 66.6 Å². The first-order chi connectivity index (χ1) is 14.7. The number of thioether (sulfide) groups is 1. The number of hydrogen-bond donors (Lipinski definition) is 3. The molecule has 0 aliphatic carbocycles. The standard InChI is InChI=1S/C25H28N4S/c1-3-17-9-7-11-19(23(17)26)15-27-24-18(4-2)10-8-12-20(24)16-30-25-28-21-13-5-6-14-22(21)29-25/h5-14,27H,3-4,15-16,26H2,1-2H3,(H,28,29). The Morgan fingerprint density at radius 2 is 1.57 bits per heavy atom. The maximum Gasteiger partial charge on any atom is 0.166 e. The Kier molecular flexibility index (Phi) is 6.29. The van der Waals surface area contributed by atoms with Crippen molar-refractivity contribution in [2.75, 3.05) is 11.1 Å². The van der Waals surface area contributed by atoms with Crippen LogP contribution in [0.5, 0.6) is 0 Å². The van der Waals surface area contributed by atoms with Crippen molar-refractivity contribution in [3.8, 4) is 0 Å². The third-order valence-electron chi connectivity index (χ3n) is 5.47. The first kappa shape index (κ1) is 20.4. The van der Waals surface area contributed by atoms with E-state index < -0.39 is 0 Å². The Balaban J connectivity index is 1.54. The van der Waals surface area contributed by atoms with Gasteiger partial charge in [0.2, 0.25) is 0 Å². The van der Waals surface area contributed by atoms with E-state index in [0.717, 1.165) is 52.6 Å². The number of benzene rings is 3. The number of fused-ring (bicyclic) bond motifs is 1. The third kappa shape index (κ3) is 4.31. The maximum absolute atomic E-state index is 6.38. The van der Waals surface area contributed by atoms with E-state index in [0.29, 0.717) is 0 Å². The summed E-state index contributed by atoms with van der Waals surface area (Å²) in [4.78, 5) is 8.10. The number of aryl methyl sites for hydroxylation is 2. The number of rotatable bonds is 8. The molecule has 0 fully saturated rings. The highest BCUT2D eigenvalue weighted by atomic mass is 32.2. The first-order valence-corrected chi connectivity index (χ1v) is 11.5. The number of anilines is 2. The van der Waals surface area contributed by atoms with Gasteiger partial charge in [0.25, 0.3) is 0 Å². The number of para-hydroxylation sites is 4. The number of nitrogen functional groups attached to an aromatic ring is 1. The molecule has 30 heavy (non-hydrogen) atoms. The second kappa shape index (κ2) is 9.26. The van der Waals surface area contributed by atoms with Gasteiger partial charge < -0.3 is 16.0 Å². The zero-order valence-electron chi connectivity index (χ0n) is 17.5. The fourth-order valence-electron chi connectivity index (χ4n) is 3.75. The molecule has 1 aromatic heterocycles. The SMILES string of the molecule is CCc1cccc(CNc2c(CC)cccc2CSc2nc3ccccc3[nH]2)c1N. The monoisotopic (exact) mass is 416 g/mol. The zero-order valence-corrected chi connectivity index (χ0v) is 18.4. The average molecular weight is 417 g/mol. The molecular weight excluding hydrogens is 388 g/mol. The van der Waals surface area contributed by atoms with Crippen LogP contribution >= 0.6 is 11.8 Å². The predicted molar refractivity (Wildman–Crippen MR) is 129 cm³/mol. The normalized spacial score (nSPS) is 11.1. The number of imidazole rings is 1. The summed E-state index contributed by atoms with van der Waals surface area (Å²) in [5.41, 5.74) is 15.5. The lowest BCUT2D eigenvalue weighted by Crippen LogP contribution is -2.08. The van der Waals surface area contributed by atoms with Gasteiger partial charge in [0.05, 0.1) is 11.0 Å². The van der Waals surface area contributed by atoms with Crippen LogP contribution < -0.4 is 11.1 Å². The maximum atomic E-state index is 6.38. The van der Waals surface area contributed by atoms with Gasteiger partial charge in [0.15, 0.2) is 5.16 Å². The molecule has 0 unspecified atom stereocenters. The van der Waals surface area contributed by atoms with E-state index in [9.17, 15) is 0 Å². The van der Waals surface area contributed by atoms with Gasteiger partial charge in [-0.15, -0.1) is 0 Å². The zero-order chi connectivity index (χ0) is 20.9. The van der Waals surface area contributed by atoms with Crippen molar-refractivity contribution in [2.45, 2.75) is 44.1 Å². The van der Waals surface area contributed by atoms with Crippen molar-refractivity contribution in [3.05, 3.63) is 82.9 Å². The van der Waals surface area contributed by atoms with Gasteiger partial charge in [0.1, 0.15) is 0 Å². The second-order valence-electron chi connectivity index (χ2n) is 7.35. The fourth-order valence-corrected chi connectivity index (χ4v) is 4.63. The molecule has 0 aliphatic rings. The summed E-state index contributed by atoms with van der Waals surface area (Å²) in [7, 11) is 0. The van der Waals surface area contributed by atoms with Crippen LogP contribution in [0.15, 0.2) is 65.8 Å². The van der Waals surface area contributed by atoms with E-state index in [-0.39, 0.29) is 0 Å². The second-order valence-corrected chi connectivity index (χ2v) is 8.31. The largest absolute Gasteiger partial charge is 0.398 e. The summed E-state index contributed by atoms with van der Waals surface area (Å²) in [6.45, 7) is 5.06. The van der Waals surface area contributed by atoms with Crippen LogP contribution in [0.25, 0.3) is 11.0 Å². The topological polar surface area (TPSA) is 66.7 Å². The highest BCUT2D eigenvalue weighted by molar-refractivity contribution is 7.98. The van der Waals surface area contributed by atoms with E-state index in [1.54, 1.807) is 11.8 Å². The Morgan fingerprint density at radius 3 is 2.33 bits per heavy atom. The van der Waals surface area contributed by atoms with E-state index in [4.69, 9.17) is 10.7 Å². The van der Waals surface area contributed by atoms with Gasteiger partial charge in [-0.2, -0.15) is 0 Å². The molecule has 5 heteroatoms. The lowest BCUT2D eigenvalue weighted by atomic mass is 10.0. The molecule has 4 nitrogen and oxygen atoms in total. The van der Waals surface area contributed by atoms with Gasteiger partial charge in [-0.3, -0.25) is 0 Å². The number of nitrogens with zero attached hydrogens (tertiary/aromatic N) is 1. The van der Waals surface area contributed by atoms with Crippen LogP contribution in [0.1, 0.15) is 36.1 Å². The highest BCUT2D eigenvalue weighted by Gasteiger charge is 2.11. The average Bonchev–Trinajstić information content (AvgIpc) is 3.20. The van der Waals surface area contributed by atoms with Crippen LogP contribution in [0.4, 0.5) is 11.4 Å². The van der Waals surface area contributed by atoms with Crippen LogP contribution in [0.2, 0.25) is 0 Å². The smallest absolute Gasteiger partial charge is 0.166 e. The molecule has 0 spiro atoms. The van der Waals surface area contributed by atoms with Crippen molar-refractivity contribution in [2.24, 2.45) is 0 Å². The molecule has 0 atom stereocenters. The summed E-state index contributed by atoms with van der Waals surface area (Å²) >= 11 is 1.73. The molecule has 154 valence electrons. The summed E-state index contributed by atoms with van der Waals surface area (Å²) in [5.74, 6) is 0.848. The molecular formula is C25H28N4S. The fraction of sp³-hybridized carbons (Fsp3) is 0.240. The lowest BCUT2D eigenvalue weighted by Gasteiger charge is -2.17. The molecule has 0 saturated carbocycles. The number of nitrogens with one attached hydrogen (secondary N) is 2. The summed E-state index contributed by atoms with van der Waals surface area (Å²) in [5, 5.41) is 4.63. The van der Waals surface area contributed by atoms with Gasteiger partial charge in [0, 0.05) is 23.7 Å². The van der Waals surface area contributed by atoms with Crippen LogP contribution in [0.3, 0.4) is 0 Å². The highest BCUT2D eigenvalue weighted by Crippen LogP contribution is 2.30. The molecule has 0 radical (unpaired) electrons. The molecule has 0 saturated heterocycles.